The Kier molecular flexibility index (Phi) is 3.23. The molecular formula is C12H16F3N3. The van der Waals surface area contributed by atoms with Crippen molar-refractivity contribution in [3.8, 4) is 0 Å². The summed E-state index contributed by atoms with van der Waals surface area (Å²) in [6.45, 7) is 6.11. The Labute approximate surface area is 104 Å². The van der Waals surface area contributed by atoms with Crippen LogP contribution in [-0.2, 0) is 6.18 Å². The zero-order valence-corrected chi connectivity index (χ0v) is 10.4. The summed E-state index contributed by atoms with van der Waals surface area (Å²) < 4.78 is 37.9. The van der Waals surface area contributed by atoms with E-state index in [-0.39, 0.29) is 5.54 Å². The average Bonchev–Trinajstić information content (AvgIpc) is 2.27. The van der Waals surface area contributed by atoms with Gasteiger partial charge in [0.15, 0.2) is 0 Å². The third-order valence-electron chi connectivity index (χ3n) is 3.10. The number of alkyl halides is 3. The SMILES string of the molecule is CC1(C)CNCCN1c1cccc(C(F)(F)F)n1. The van der Waals surface area contributed by atoms with E-state index in [1.165, 1.54) is 6.07 Å². The highest BCUT2D eigenvalue weighted by molar-refractivity contribution is 5.43. The van der Waals surface area contributed by atoms with Crippen LogP contribution in [0.5, 0.6) is 0 Å². The van der Waals surface area contributed by atoms with Gasteiger partial charge in [0.25, 0.3) is 0 Å². The number of hydrogen-bond donors (Lipinski definition) is 1. The molecule has 0 aliphatic carbocycles. The molecule has 18 heavy (non-hydrogen) atoms. The molecule has 0 aromatic carbocycles. The molecular weight excluding hydrogens is 243 g/mol. The van der Waals surface area contributed by atoms with Crippen molar-refractivity contribution in [1.82, 2.24) is 10.3 Å². The van der Waals surface area contributed by atoms with E-state index in [2.05, 4.69) is 10.3 Å². The molecule has 0 atom stereocenters. The molecule has 0 bridgehead atoms. The highest BCUT2D eigenvalue weighted by Crippen LogP contribution is 2.30. The second kappa shape index (κ2) is 4.42. The van der Waals surface area contributed by atoms with E-state index in [0.717, 1.165) is 19.2 Å². The first kappa shape index (κ1) is 13.1. The third kappa shape index (κ3) is 2.58. The van der Waals surface area contributed by atoms with E-state index in [9.17, 15) is 13.2 Å². The smallest absolute Gasteiger partial charge is 0.349 e. The van der Waals surface area contributed by atoms with Gasteiger partial charge in [-0.25, -0.2) is 4.98 Å². The Morgan fingerprint density at radius 2 is 2.06 bits per heavy atom. The van der Waals surface area contributed by atoms with Crippen LogP contribution in [0, 0.1) is 0 Å². The Bertz CT molecular complexity index is 429. The largest absolute Gasteiger partial charge is 0.433 e. The van der Waals surface area contributed by atoms with Gasteiger partial charge >= 0.3 is 6.18 Å². The fourth-order valence-electron chi connectivity index (χ4n) is 2.14. The van der Waals surface area contributed by atoms with E-state index in [0.29, 0.717) is 12.4 Å². The molecule has 0 unspecified atom stereocenters. The van der Waals surface area contributed by atoms with E-state index in [4.69, 9.17) is 0 Å². The first-order valence-electron chi connectivity index (χ1n) is 5.83. The predicted molar refractivity (Wildman–Crippen MR) is 63.5 cm³/mol. The monoisotopic (exact) mass is 259 g/mol. The number of piperazine rings is 1. The van der Waals surface area contributed by atoms with Crippen molar-refractivity contribution in [2.24, 2.45) is 0 Å². The van der Waals surface area contributed by atoms with Crippen LogP contribution in [0.1, 0.15) is 19.5 Å². The summed E-state index contributed by atoms with van der Waals surface area (Å²) in [4.78, 5) is 5.65. The summed E-state index contributed by atoms with van der Waals surface area (Å²) in [5.74, 6) is 0.385. The first-order chi connectivity index (χ1) is 8.31. The highest BCUT2D eigenvalue weighted by atomic mass is 19.4. The Morgan fingerprint density at radius 1 is 1.33 bits per heavy atom. The van der Waals surface area contributed by atoms with Gasteiger partial charge in [0.05, 0.1) is 0 Å². The number of aromatic nitrogens is 1. The fourth-order valence-corrected chi connectivity index (χ4v) is 2.14. The first-order valence-corrected chi connectivity index (χ1v) is 5.83. The van der Waals surface area contributed by atoms with E-state index >= 15 is 0 Å². The van der Waals surface area contributed by atoms with Crippen molar-refractivity contribution < 1.29 is 13.2 Å². The second-order valence-corrected chi connectivity index (χ2v) is 5.02. The maximum Gasteiger partial charge on any atom is 0.433 e. The molecule has 0 amide bonds. The van der Waals surface area contributed by atoms with Crippen molar-refractivity contribution in [2.75, 3.05) is 24.5 Å². The Balaban J connectivity index is 2.33. The lowest BCUT2D eigenvalue weighted by atomic mass is 10.0. The quantitative estimate of drug-likeness (QED) is 0.838. The van der Waals surface area contributed by atoms with Gasteiger partial charge < -0.3 is 10.2 Å². The fraction of sp³-hybridized carbons (Fsp3) is 0.583. The normalized spacial score (nSPS) is 19.9. The minimum absolute atomic E-state index is 0.241. The minimum atomic E-state index is -4.39. The highest BCUT2D eigenvalue weighted by Gasteiger charge is 2.35. The number of anilines is 1. The lowest BCUT2D eigenvalue weighted by Gasteiger charge is -2.43. The zero-order valence-electron chi connectivity index (χ0n) is 10.4. The minimum Gasteiger partial charge on any atom is -0.349 e. The van der Waals surface area contributed by atoms with Crippen molar-refractivity contribution >= 4 is 5.82 Å². The van der Waals surface area contributed by atoms with Gasteiger partial charge in [0.2, 0.25) is 0 Å². The summed E-state index contributed by atoms with van der Waals surface area (Å²) in [5.41, 5.74) is -1.08. The molecule has 6 heteroatoms. The number of pyridine rings is 1. The van der Waals surface area contributed by atoms with Gasteiger partial charge in [-0.1, -0.05) is 6.07 Å². The van der Waals surface area contributed by atoms with Crippen LogP contribution in [0.2, 0.25) is 0 Å². The number of nitrogens with one attached hydrogen (secondary N) is 1. The average molecular weight is 259 g/mol. The van der Waals surface area contributed by atoms with Gasteiger partial charge in [-0.15, -0.1) is 0 Å². The molecule has 0 radical (unpaired) electrons. The standard InChI is InChI=1S/C12H16F3N3/c1-11(2)8-16-6-7-18(11)10-5-3-4-9(17-10)12(13,14)15/h3-5,16H,6-8H2,1-2H3. The van der Waals surface area contributed by atoms with Crippen molar-refractivity contribution in [2.45, 2.75) is 25.6 Å². The van der Waals surface area contributed by atoms with Gasteiger partial charge in [-0.05, 0) is 26.0 Å². The predicted octanol–water partition coefficient (Wildman–Crippen LogP) is 2.29. The molecule has 1 aliphatic rings. The summed E-state index contributed by atoms with van der Waals surface area (Å²) in [6, 6.07) is 4.03. The molecule has 100 valence electrons. The van der Waals surface area contributed by atoms with Crippen LogP contribution in [0.25, 0.3) is 0 Å². The van der Waals surface area contributed by atoms with Gasteiger partial charge in [-0.3, -0.25) is 0 Å². The topological polar surface area (TPSA) is 28.2 Å². The molecule has 1 aliphatic heterocycles. The van der Waals surface area contributed by atoms with Crippen LogP contribution in [0.4, 0.5) is 19.0 Å². The van der Waals surface area contributed by atoms with Gasteiger partial charge in [0, 0.05) is 25.2 Å². The van der Waals surface area contributed by atoms with Crippen molar-refractivity contribution in [3.63, 3.8) is 0 Å². The molecule has 1 saturated heterocycles. The summed E-state index contributed by atoms with van der Waals surface area (Å²) in [6.07, 6.45) is -4.39. The van der Waals surface area contributed by atoms with Crippen molar-refractivity contribution in [3.05, 3.63) is 23.9 Å². The van der Waals surface area contributed by atoms with Gasteiger partial charge in [-0.2, -0.15) is 13.2 Å². The molecule has 1 N–H and O–H groups in total. The molecule has 0 saturated carbocycles. The number of nitrogens with zero attached hydrogens (tertiary/aromatic N) is 2. The maximum atomic E-state index is 12.6. The number of halogens is 3. The van der Waals surface area contributed by atoms with Crippen LogP contribution >= 0.6 is 0 Å². The number of hydrogen-bond acceptors (Lipinski definition) is 3. The van der Waals surface area contributed by atoms with Crippen LogP contribution in [-0.4, -0.2) is 30.2 Å². The Hall–Kier alpha value is -1.30. The summed E-state index contributed by atoms with van der Waals surface area (Å²) >= 11 is 0. The molecule has 0 spiro atoms. The zero-order chi connectivity index (χ0) is 13.4. The molecule has 2 heterocycles. The second-order valence-electron chi connectivity index (χ2n) is 5.02. The molecule has 1 aromatic heterocycles. The summed E-state index contributed by atoms with van der Waals surface area (Å²) in [5, 5.41) is 3.23. The van der Waals surface area contributed by atoms with Crippen LogP contribution < -0.4 is 10.2 Å². The molecule has 2 rings (SSSR count). The van der Waals surface area contributed by atoms with Crippen LogP contribution in [0.3, 0.4) is 0 Å². The van der Waals surface area contributed by atoms with Crippen LogP contribution in [0.15, 0.2) is 18.2 Å². The van der Waals surface area contributed by atoms with E-state index in [1.807, 2.05) is 18.7 Å². The summed E-state index contributed by atoms with van der Waals surface area (Å²) in [7, 11) is 0. The van der Waals surface area contributed by atoms with Crippen molar-refractivity contribution in [1.29, 1.82) is 0 Å². The lowest BCUT2D eigenvalue weighted by molar-refractivity contribution is -0.141. The van der Waals surface area contributed by atoms with Gasteiger partial charge in [0.1, 0.15) is 11.5 Å². The third-order valence-corrected chi connectivity index (χ3v) is 3.10. The Morgan fingerprint density at radius 3 is 2.67 bits per heavy atom. The molecule has 1 fully saturated rings. The number of rotatable bonds is 1. The molecule has 1 aromatic rings. The lowest BCUT2D eigenvalue weighted by Crippen LogP contribution is -2.58. The van der Waals surface area contributed by atoms with E-state index < -0.39 is 11.9 Å². The van der Waals surface area contributed by atoms with E-state index in [1.54, 1.807) is 6.07 Å². The maximum absolute atomic E-state index is 12.6. The molecule has 3 nitrogen and oxygen atoms in total.